The lowest BCUT2D eigenvalue weighted by Crippen LogP contribution is -2.26. The molecular weight excluding hydrogens is 455 g/mol. The van der Waals surface area contributed by atoms with Gasteiger partial charge in [-0.25, -0.2) is 12.8 Å². The normalized spacial score (nSPS) is 11.4. The fourth-order valence-corrected chi connectivity index (χ4v) is 4.46. The minimum atomic E-state index is -3.70. The van der Waals surface area contributed by atoms with Crippen molar-refractivity contribution in [2.75, 3.05) is 12.4 Å². The van der Waals surface area contributed by atoms with Gasteiger partial charge in [0.05, 0.1) is 4.90 Å². The third-order valence-electron chi connectivity index (χ3n) is 5.16. The monoisotopic (exact) mass is 476 g/mol. The van der Waals surface area contributed by atoms with Gasteiger partial charge in [-0.1, -0.05) is 42.5 Å². The van der Waals surface area contributed by atoms with Crippen molar-refractivity contribution in [1.82, 2.24) is 9.29 Å². The van der Waals surface area contributed by atoms with E-state index in [4.69, 9.17) is 4.42 Å². The molecule has 7 nitrogen and oxygen atoms in total. The Morgan fingerprint density at radius 1 is 1.00 bits per heavy atom. The van der Waals surface area contributed by atoms with Gasteiger partial charge in [-0.05, 0) is 47.5 Å². The molecule has 172 valence electrons. The van der Waals surface area contributed by atoms with E-state index in [1.807, 2.05) is 36.4 Å². The Bertz CT molecular complexity index is 1410. The van der Waals surface area contributed by atoms with Gasteiger partial charge in [0.25, 0.3) is 0 Å². The first-order chi connectivity index (χ1) is 16.4. The van der Waals surface area contributed by atoms with Crippen molar-refractivity contribution in [3.8, 4) is 17.5 Å². The molecule has 0 fully saturated rings. The van der Waals surface area contributed by atoms with Gasteiger partial charge in [-0.2, -0.15) is 14.6 Å². The summed E-state index contributed by atoms with van der Waals surface area (Å²) >= 11 is 0. The van der Waals surface area contributed by atoms with Crippen molar-refractivity contribution in [1.29, 1.82) is 5.26 Å². The molecule has 0 aliphatic heterocycles. The topological polar surface area (TPSA) is 99.2 Å². The molecule has 0 spiro atoms. The van der Waals surface area contributed by atoms with Crippen molar-refractivity contribution >= 4 is 15.9 Å². The summed E-state index contributed by atoms with van der Waals surface area (Å²) in [5.41, 5.74) is 2.28. The fraction of sp³-hybridized carbons (Fsp3) is 0.120. The van der Waals surface area contributed by atoms with Crippen LogP contribution in [0.1, 0.15) is 16.8 Å². The Morgan fingerprint density at radius 2 is 1.68 bits per heavy atom. The van der Waals surface area contributed by atoms with E-state index >= 15 is 0 Å². The van der Waals surface area contributed by atoms with Gasteiger partial charge in [0.2, 0.25) is 27.5 Å². The van der Waals surface area contributed by atoms with E-state index in [1.54, 1.807) is 24.3 Å². The molecule has 0 bridgehead atoms. The minimum absolute atomic E-state index is 0.0661. The van der Waals surface area contributed by atoms with Crippen LogP contribution >= 0.6 is 0 Å². The molecule has 0 aliphatic rings. The lowest BCUT2D eigenvalue weighted by Gasteiger charge is -2.17. The molecule has 0 saturated carbocycles. The number of sulfonamides is 1. The summed E-state index contributed by atoms with van der Waals surface area (Å²) in [5.74, 6) is 0.0287. The molecule has 3 aromatic carbocycles. The summed E-state index contributed by atoms with van der Waals surface area (Å²) in [5, 5.41) is 12.4. The second-order valence-corrected chi connectivity index (χ2v) is 9.60. The van der Waals surface area contributed by atoms with E-state index in [0.717, 1.165) is 11.1 Å². The molecule has 4 rings (SSSR count). The van der Waals surface area contributed by atoms with E-state index in [9.17, 15) is 18.1 Å². The zero-order valence-electron chi connectivity index (χ0n) is 18.3. The third kappa shape index (κ3) is 5.14. The molecule has 9 heteroatoms. The number of nitriles is 1. The average Bonchev–Trinajstić information content (AvgIpc) is 3.27. The summed E-state index contributed by atoms with van der Waals surface area (Å²) in [6.45, 7) is 0.563. The first kappa shape index (κ1) is 23.2. The molecular formula is C25H21FN4O3S. The van der Waals surface area contributed by atoms with Crippen LogP contribution < -0.4 is 5.32 Å². The van der Waals surface area contributed by atoms with E-state index < -0.39 is 10.0 Å². The molecule has 1 N–H and O–H groups in total. The predicted molar refractivity (Wildman–Crippen MR) is 125 cm³/mol. The molecule has 0 atom stereocenters. The molecule has 0 radical (unpaired) electrons. The Labute approximate surface area is 197 Å². The zero-order chi connectivity index (χ0) is 24.1. The van der Waals surface area contributed by atoms with Crippen molar-refractivity contribution in [2.24, 2.45) is 0 Å². The van der Waals surface area contributed by atoms with Crippen molar-refractivity contribution in [2.45, 2.75) is 18.0 Å². The number of hydrogen-bond donors (Lipinski definition) is 1. The van der Waals surface area contributed by atoms with Crippen LogP contribution in [0.3, 0.4) is 0 Å². The standard InChI is InChI=1S/C25H21FN4O3S/c1-30(17-19-5-3-2-4-6-19)34(31,32)22-13-9-20(10-14-22)24-29-23(15-27)25(33-24)28-16-18-7-11-21(26)12-8-18/h2-14,28H,16-17H2,1H3. The highest BCUT2D eigenvalue weighted by Crippen LogP contribution is 2.27. The molecule has 4 aromatic rings. The predicted octanol–water partition coefficient (Wildman–Crippen LogP) is 4.79. The molecule has 0 unspecified atom stereocenters. The molecule has 0 saturated heterocycles. The van der Waals surface area contributed by atoms with Crippen molar-refractivity contribution in [3.63, 3.8) is 0 Å². The third-order valence-corrected chi connectivity index (χ3v) is 6.97. The van der Waals surface area contributed by atoms with E-state index in [0.29, 0.717) is 12.1 Å². The smallest absolute Gasteiger partial charge is 0.243 e. The van der Waals surface area contributed by atoms with E-state index in [1.165, 1.54) is 35.6 Å². The molecule has 1 aromatic heterocycles. The van der Waals surface area contributed by atoms with Crippen LogP contribution in [0.2, 0.25) is 0 Å². The quantitative estimate of drug-likeness (QED) is 0.393. The largest absolute Gasteiger partial charge is 0.419 e. The number of nitrogens with zero attached hydrogens (tertiary/aromatic N) is 3. The Hall–Kier alpha value is -4.00. The van der Waals surface area contributed by atoms with Gasteiger partial charge in [-0.15, -0.1) is 0 Å². The maximum Gasteiger partial charge on any atom is 0.243 e. The van der Waals surface area contributed by atoms with Crippen LogP contribution in [0.25, 0.3) is 11.5 Å². The van der Waals surface area contributed by atoms with Gasteiger partial charge in [-0.3, -0.25) is 0 Å². The van der Waals surface area contributed by atoms with Gasteiger partial charge < -0.3 is 9.73 Å². The van der Waals surface area contributed by atoms with Crippen LogP contribution in [-0.2, 0) is 23.1 Å². The van der Waals surface area contributed by atoms with Crippen molar-refractivity contribution in [3.05, 3.63) is 102 Å². The number of nitrogens with one attached hydrogen (secondary N) is 1. The average molecular weight is 477 g/mol. The Balaban J connectivity index is 1.50. The van der Waals surface area contributed by atoms with E-state index in [2.05, 4.69) is 10.3 Å². The summed E-state index contributed by atoms with van der Waals surface area (Å²) in [6, 6.07) is 23.4. The number of oxazole rings is 1. The van der Waals surface area contributed by atoms with Crippen molar-refractivity contribution < 1.29 is 17.2 Å². The summed E-state index contributed by atoms with van der Waals surface area (Å²) < 4.78 is 45.9. The van der Waals surface area contributed by atoms with Crippen LogP contribution in [0, 0.1) is 17.1 Å². The second kappa shape index (κ2) is 9.87. The highest BCUT2D eigenvalue weighted by atomic mass is 32.2. The van der Waals surface area contributed by atoms with Crippen LogP contribution in [0.15, 0.2) is 88.2 Å². The number of halogens is 1. The second-order valence-electron chi connectivity index (χ2n) is 7.56. The Morgan fingerprint density at radius 3 is 2.32 bits per heavy atom. The van der Waals surface area contributed by atoms with Gasteiger partial charge in [0.1, 0.15) is 11.9 Å². The van der Waals surface area contributed by atoms with Gasteiger partial charge in [0, 0.05) is 25.7 Å². The lowest BCUT2D eigenvalue weighted by atomic mass is 10.2. The fourth-order valence-electron chi connectivity index (χ4n) is 3.30. The van der Waals surface area contributed by atoms with Crippen LogP contribution in [0.5, 0.6) is 0 Å². The number of hydrogen-bond acceptors (Lipinski definition) is 6. The number of anilines is 1. The lowest BCUT2D eigenvalue weighted by molar-refractivity contribution is 0.466. The zero-order valence-corrected chi connectivity index (χ0v) is 19.1. The molecule has 0 aliphatic carbocycles. The summed E-state index contributed by atoms with van der Waals surface area (Å²) in [7, 11) is -2.16. The minimum Gasteiger partial charge on any atom is -0.419 e. The van der Waals surface area contributed by atoms with Crippen LogP contribution in [0.4, 0.5) is 10.3 Å². The molecule has 34 heavy (non-hydrogen) atoms. The first-order valence-electron chi connectivity index (χ1n) is 10.4. The Kier molecular flexibility index (Phi) is 6.72. The molecule has 1 heterocycles. The number of aromatic nitrogens is 1. The number of rotatable bonds is 8. The van der Waals surface area contributed by atoms with E-state index in [-0.39, 0.29) is 34.7 Å². The first-order valence-corrected chi connectivity index (χ1v) is 11.8. The summed E-state index contributed by atoms with van der Waals surface area (Å²) in [4.78, 5) is 4.33. The maximum atomic E-state index is 13.1. The van der Waals surface area contributed by atoms with Gasteiger partial charge >= 0.3 is 0 Å². The highest BCUT2D eigenvalue weighted by molar-refractivity contribution is 7.89. The molecule has 0 amide bonds. The van der Waals surface area contributed by atoms with Crippen LogP contribution in [-0.4, -0.2) is 24.8 Å². The number of benzene rings is 3. The summed E-state index contributed by atoms with van der Waals surface area (Å²) in [6.07, 6.45) is 0. The highest BCUT2D eigenvalue weighted by Gasteiger charge is 2.22. The SMILES string of the molecule is CN(Cc1ccccc1)S(=O)(=O)c1ccc(-c2nc(C#N)c(NCc3ccc(F)cc3)o2)cc1. The maximum absolute atomic E-state index is 13.1. The van der Waals surface area contributed by atoms with Gasteiger partial charge in [0.15, 0.2) is 0 Å².